The van der Waals surface area contributed by atoms with Gasteiger partial charge in [-0.3, -0.25) is 0 Å². The van der Waals surface area contributed by atoms with Crippen molar-refractivity contribution < 1.29 is 9.13 Å². The van der Waals surface area contributed by atoms with E-state index in [4.69, 9.17) is 4.74 Å². The lowest BCUT2D eigenvalue weighted by Crippen LogP contribution is -2.23. The molecular weight excluding hydrogens is 241 g/mol. The van der Waals surface area contributed by atoms with Gasteiger partial charge in [-0.05, 0) is 55.8 Å². The highest BCUT2D eigenvalue weighted by Gasteiger charge is 2.20. The number of hydrogen-bond donors (Lipinski definition) is 1. The number of benzene rings is 1. The van der Waals surface area contributed by atoms with Gasteiger partial charge >= 0.3 is 0 Å². The van der Waals surface area contributed by atoms with Gasteiger partial charge in [0.2, 0.25) is 0 Å². The van der Waals surface area contributed by atoms with Crippen LogP contribution in [0.25, 0.3) is 0 Å². The fourth-order valence-corrected chi connectivity index (χ4v) is 2.18. The van der Waals surface area contributed by atoms with E-state index < -0.39 is 0 Å². The molecule has 0 spiro atoms. The Morgan fingerprint density at radius 3 is 2.68 bits per heavy atom. The average molecular weight is 265 g/mol. The zero-order valence-corrected chi connectivity index (χ0v) is 11.7. The average Bonchev–Trinajstić information content (AvgIpc) is 3.24. The summed E-state index contributed by atoms with van der Waals surface area (Å²) in [4.78, 5) is 0. The summed E-state index contributed by atoms with van der Waals surface area (Å²) in [6.07, 6.45) is 4.74. The highest BCUT2D eigenvalue weighted by Crippen LogP contribution is 2.28. The molecule has 106 valence electrons. The van der Waals surface area contributed by atoms with E-state index in [0.717, 1.165) is 44.1 Å². The molecule has 0 aromatic heterocycles. The van der Waals surface area contributed by atoms with Gasteiger partial charge < -0.3 is 10.1 Å². The van der Waals surface area contributed by atoms with Crippen molar-refractivity contribution in [2.45, 2.75) is 38.6 Å². The van der Waals surface area contributed by atoms with Crippen LogP contribution in [0.15, 0.2) is 24.3 Å². The molecule has 0 heterocycles. The summed E-state index contributed by atoms with van der Waals surface area (Å²) in [5, 5.41) is 3.51. The largest absolute Gasteiger partial charge is 0.381 e. The Morgan fingerprint density at radius 2 is 2.05 bits per heavy atom. The van der Waals surface area contributed by atoms with E-state index in [2.05, 4.69) is 12.2 Å². The fourth-order valence-electron chi connectivity index (χ4n) is 2.18. The van der Waals surface area contributed by atoms with Crippen molar-refractivity contribution in [1.29, 1.82) is 0 Å². The summed E-state index contributed by atoms with van der Waals surface area (Å²) in [7, 11) is 0. The van der Waals surface area contributed by atoms with Crippen LogP contribution in [0.2, 0.25) is 0 Å². The zero-order valence-electron chi connectivity index (χ0n) is 11.7. The van der Waals surface area contributed by atoms with Crippen molar-refractivity contribution in [3.8, 4) is 0 Å². The fraction of sp³-hybridized carbons (Fsp3) is 0.625. The Balaban J connectivity index is 1.62. The first-order valence-corrected chi connectivity index (χ1v) is 7.36. The summed E-state index contributed by atoms with van der Waals surface area (Å²) in [5.74, 6) is 0.669. The molecule has 1 atom stereocenters. The van der Waals surface area contributed by atoms with Gasteiger partial charge in [-0.1, -0.05) is 19.1 Å². The molecular formula is C16H24FNO. The van der Waals surface area contributed by atoms with E-state index in [1.807, 2.05) is 12.1 Å². The normalized spacial score (nSPS) is 16.5. The van der Waals surface area contributed by atoms with Gasteiger partial charge in [0.15, 0.2) is 0 Å². The molecule has 0 radical (unpaired) electrons. The van der Waals surface area contributed by atoms with Gasteiger partial charge in [-0.2, -0.15) is 0 Å². The smallest absolute Gasteiger partial charge is 0.123 e. The van der Waals surface area contributed by atoms with Gasteiger partial charge in [-0.15, -0.1) is 0 Å². The molecule has 1 N–H and O–H groups in total. The topological polar surface area (TPSA) is 21.3 Å². The lowest BCUT2D eigenvalue weighted by molar-refractivity contribution is 0.121. The van der Waals surface area contributed by atoms with Crippen molar-refractivity contribution in [3.05, 3.63) is 35.6 Å². The van der Waals surface area contributed by atoms with E-state index in [0.29, 0.717) is 6.04 Å². The van der Waals surface area contributed by atoms with E-state index in [9.17, 15) is 4.39 Å². The third kappa shape index (κ3) is 5.29. The van der Waals surface area contributed by atoms with Crippen molar-refractivity contribution >= 4 is 0 Å². The second-order valence-electron chi connectivity index (χ2n) is 5.34. The molecule has 0 amide bonds. The SMILES string of the molecule is CCC(NCCCOCC1CC1)c1ccc(F)cc1. The Kier molecular flexibility index (Phi) is 5.80. The maximum atomic E-state index is 12.9. The lowest BCUT2D eigenvalue weighted by Gasteiger charge is -2.17. The third-order valence-corrected chi connectivity index (χ3v) is 3.59. The van der Waals surface area contributed by atoms with Crippen LogP contribution in [0.3, 0.4) is 0 Å². The van der Waals surface area contributed by atoms with Crippen LogP contribution in [0, 0.1) is 11.7 Å². The molecule has 1 saturated carbocycles. The van der Waals surface area contributed by atoms with E-state index in [-0.39, 0.29) is 5.82 Å². The number of nitrogens with one attached hydrogen (secondary N) is 1. The highest BCUT2D eigenvalue weighted by molar-refractivity contribution is 5.19. The van der Waals surface area contributed by atoms with E-state index in [1.54, 1.807) is 0 Å². The molecule has 1 aliphatic rings. The zero-order chi connectivity index (χ0) is 13.5. The van der Waals surface area contributed by atoms with Crippen molar-refractivity contribution in [1.82, 2.24) is 5.32 Å². The molecule has 1 aliphatic carbocycles. The minimum Gasteiger partial charge on any atom is -0.381 e. The molecule has 2 rings (SSSR count). The van der Waals surface area contributed by atoms with Crippen LogP contribution in [0.4, 0.5) is 4.39 Å². The first kappa shape index (κ1) is 14.5. The van der Waals surface area contributed by atoms with Crippen LogP contribution < -0.4 is 5.32 Å². The highest BCUT2D eigenvalue weighted by atomic mass is 19.1. The molecule has 1 unspecified atom stereocenters. The molecule has 3 heteroatoms. The van der Waals surface area contributed by atoms with Crippen LogP contribution in [-0.2, 0) is 4.74 Å². The first-order valence-electron chi connectivity index (χ1n) is 7.36. The van der Waals surface area contributed by atoms with Crippen LogP contribution in [-0.4, -0.2) is 19.8 Å². The monoisotopic (exact) mass is 265 g/mol. The van der Waals surface area contributed by atoms with Crippen LogP contribution in [0.1, 0.15) is 44.2 Å². The van der Waals surface area contributed by atoms with E-state index >= 15 is 0 Å². The van der Waals surface area contributed by atoms with Crippen LogP contribution >= 0.6 is 0 Å². The lowest BCUT2D eigenvalue weighted by atomic mass is 10.0. The predicted molar refractivity (Wildman–Crippen MR) is 75.6 cm³/mol. The van der Waals surface area contributed by atoms with Crippen molar-refractivity contribution in [2.75, 3.05) is 19.8 Å². The number of hydrogen-bond acceptors (Lipinski definition) is 2. The van der Waals surface area contributed by atoms with Gasteiger partial charge in [0.05, 0.1) is 0 Å². The minimum absolute atomic E-state index is 0.174. The van der Waals surface area contributed by atoms with Crippen molar-refractivity contribution in [3.63, 3.8) is 0 Å². The number of ether oxygens (including phenoxy) is 1. The Bertz CT molecular complexity index is 362. The van der Waals surface area contributed by atoms with Gasteiger partial charge in [0.1, 0.15) is 5.82 Å². The number of halogens is 1. The maximum absolute atomic E-state index is 12.9. The van der Waals surface area contributed by atoms with Gasteiger partial charge in [0, 0.05) is 19.3 Å². The quantitative estimate of drug-likeness (QED) is 0.688. The summed E-state index contributed by atoms with van der Waals surface area (Å²) in [5.41, 5.74) is 1.16. The second kappa shape index (κ2) is 7.61. The molecule has 0 saturated heterocycles. The Hall–Kier alpha value is -0.930. The summed E-state index contributed by atoms with van der Waals surface area (Å²) < 4.78 is 18.5. The van der Waals surface area contributed by atoms with E-state index in [1.165, 1.54) is 25.0 Å². The van der Waals surface area contributed by atoms with Crippen LogP contribution in [0.5, 0.6) is 0 Å². The minimum atomic E-state index is -0.174. The summed E-state index contributed by atoms with van der Waals surface area (Å²) in [6, 6.07) is 7.08. The molecule has 2 nitrogen and oxygen atoms in total. The molecule has 19 heavy (non-hydrogen) atoms. The van der Waals surface area contributed by atoms with Gasteiger partial charge in [-0.25, -0.2) is 4.39 Å². The number of rotatable bonds is 9. The predicted octanol–water partition coefficient (Wildman–Crippen LogP) is 3.68. The maximum Gasteiger partial charge on any atom is 0.123 e. The standard InChI is InChI=1S/C16H24FNO/c1-2-16(14-6-8-15(17)9-7-14)18-10-3-11-19-12-13-4-5-13/h6-9,13,16,18H,2-5,10-12H2,1H3. The molecule has 1 fully saturated rings. The van der Waals surface area contributed by atoms with Crippen molar-refractivity contribution in [2.24, 2.45) is 5.92 Å². The first-order chi connectivity index (χ1) is 9.29. The molecule has 1 aromatic rings. The third-order valence-electron chi connectivity index (χ3n) is 3.59. The summed E-state index contributed by atoms with van der Waals surface area (Å²) >= 11 is 0. The second-order valence-corrected chi connectivity index (χ2v) is 5.34. The summed E-state index contributed by atoms with van der Waals surface area (Å²) in [6.45, 7) is 4.86. The Morgan fingerprint density at radius 1 is 1.32 bits per heavy atom. The Labute approximate surface area is 115 Å². The molecule has 0 bridgehead atoms. The molecule has 0 aliphatic heterocycles. The van der Waals surface area contributed by atoms with Gasteiger partial charge in [0.25, 0.3) is 0 Å². The molecule has 1 aromatic carbocycles.